The Morgan fingerprint density at radius 1 is 0.244 bits per heavy atom. The van der Waals surface area contributed by atoms with Crippen LogP contribution in [0.5, 0.6) is 0 Å². The van der Waals surface area contributed by atoms with Gasteiger partial charge in [0.05, 0.1) is 0 Å². The third-order valence-corrected chi connectivity index (χ3v) is 22.4. The molecule has 0 amide bonds. The van der Waals surface area contributed by atoms with Crippen molar-refractivity contribution in [3.63, 3.8) is 0 Å². The Morgan fingerprint density at radius 2 is 0.488 bits per heavy atom. The van der Waals surface area contributed by atoms with Crippen LogP contribution >= 0.6 is 0 Å². The fourth-order valence-electron chi connectivity index (χ4n) is 6.59. The molecule has 1 heterocycles. The zero-order valence-corrected chi connectivity index (χ0v) is 25.7. The van der Waals surface area contributed by atoms with E-state index < -0.39 is 18.4 Å². The molecule has 0 unspecified atom stereocenters. The molecular formula is C40H30Sn. The quantitative estimate of drug-likeness (QED) is 0.162. The minimum absolute atomic E-state index is 1.27. The zero-order valence-electron chi connectivity index (χ0n) is 22.8. The molecule has 0 radical (unpaired) electrons. The molecule has 0 atom stereocenters. The van der Waals surface area contributed by atoms with Crippen LogP contribution < -0.4 is 7.16 Å². The van der Waals surface area contributed by atoms with Gasteiger partial charge >= 0.3 is 248 Å². The van der Waals surface area contributed by atoms with Gasteiger partial charge in [0.2, 0.25) is 0 Å². The van der Waals surface area contributed by atoms with Gasteiger partial charge < -0.3 is 0 Å². The van der Waals surface area contributed by atoms with E-state index in [1.54, 1.807) is 0 Å². The number of hydrogen-bond acceptors (Lipinski definition) is 0. The van der Waals surface area contributed by atoms with Crippen LogP contribution in [0.3, 0.4) is 0 Å². The summed E-state index contributed by atoms with van der Waals surface area (Å²) in [5.74, 6) is 0. The second-order valence-corrected chi connectivity index (χ2v) is 20.9. The van der Waals surface area contributed by atoms with Gasteiger partial charge in [-0.25, -0.2) is 0 Å². The third kappa shape index (κ3) is 4.40. The number of benzene rings is 6. The molecule has 1 aliphatic rings. The number of rotatable bonds is 6. The summed E-state index contributed by atoms with van der Waals surface area (Å²) in [6.07, 6.45) is 0. The summed E-state index contributed by atoms with van der Waals surface area (Å²) in [6.45, 7) is 0. The van der Waals surface area contributed by atoms with E-state index in [-0.39, 0.29) is 0 Å². The summed E-state index contributed by atoms with van der Waals surface area (Å²) >= 11 is -4.03. The molecule has 6 aromatic rings. The van der Waals surface area contributed by atoms with Gasteiger partial charge in [0, 0.05) is 0 Å². The topological polar surface area (TPSA) is 0 Å². The van der Waals surface area contributed by atoms with E-state index >= 15 is 0 Å². The number of hydrogen-bond donors (Lipinski definition) is 0. The molecule has 1 heteroatoms. The molecule has 0 saturated heterocycles. The van der Waals surface area contributed by atoms with Crippen LogP contribution in [-0.2, 0) is 0 Å². The van der Waals surface area contributed by atoms with E-state index in [1.807, 2.05) is 0 Å². The van der Waals surface area contributed by atoms with Crippen LogP contribution in [0.2, 0.25) is 0 Å². The Balaban J connectivity index is 1.77. The standard InChI is InChI=1S/C28H20.2C6H5.Sn/c1-5-13-23(14-6-1)21-27(25-17-9-3-10-18-25)28(26-19-11-4-12-20-26)22-24-15-7-2-8-16-24;2*1-2-4-6-5-3-1;/h1-20H;2*1-5H;. The fraction of sp³-hybridized carbons (Fsp3) is 0. The SMILES string of the molecule is c1ccc(C2=[C](c3ccccc3)[Sn]([c]3ccccc3)([c]3ccccc3)[C](c3ccccc3)=C2c2ccccc2)cc1. The molecule has 194 valence electrons. The maximum absolute atomic E-state index is 4.03. The summed E-state index contributed by atoms with van der Waals surface area (Å²) in [5.41, 5.74) is 7.90. The Labute approximate surface area is 246 Å². The van der Waals surface area contributed by atoms with Gasteiger partial charge in [0.1, 0.15) is 0 Å². The fourth-order valence-corrected chi connectivity index (χ4v) is 22.6. The molecule has 0 bridgehead atoms. The summed E-state index contributed by atoms with van der Waals surface area (Å²) in [5, 5.41) is 0. The first-order valence-electron chi connectivity index (χ1n) is 14.2. The Morgan fingerprint density at radius 3 is 0.780 bits per heavy atom. The summed E-state index contributed by atoms with van der Waals surface area (Å²) in [4.78, 5) is 0. The predicted molar refractivity (Wildman–Crippen MR) is 177 cm³/mol. The van der Waals surface area contributed by atoms with Crippen molar-refractivity contribution in [1.82, 2.24) is 0 Å². The van der Waals surface area contributed by atoms with E-state index in [9.17, 15) is 0 Å². The van der Waals surface area contributed by atoms with Gasteiger partial charge in [0.15, 0.2) is 0 Å². The molecule has 7 rings (SSSR count). The summed E-state index contributed by atoms with van der Waals surface area (Å²) in [7, 11) is 0. The average molecular weight is 629 g/mol. The zero-order chi connectivity index (χ0) is 27.5. The van der Waals surface area contributed by atoms with E-state index in [2.05, 4.69) is 182 Å². The van der Waals surface area contributed by atoms with Gasteiger partial charge in [-0.05, 0) is 0 Å². The number of allylic oxidation sites excluding steroid dienone is 2. The Kier molecular flexibility index (Phi) is 7.00. The Bertz CT molecular complexity index is 1680. The monoisotopic (exact) mass is 630 g/mol. The van der Waals surface area contributed by atoms with Crippen LogP contribution in [0.25, 0.3) is 18.3 Å². The molecule has 6 aromatic carbocycles. The van der Waals surface area contributed by atoms with Gasteiger partial charge in [-0.15, -0.1) is 0 Å². The van der Waals surface area contributed by atoms with Crippen molar-refractivity contribution >= 4 is 43.9 Å². The van der Waals surface area contributed by atoms with E-state index in [4.69, 9.17) is 0 Å². The normalized spacial score (nSPS) is 14.3. The first kappa shape index (κ1) is 25.6. The molecule has 0 fully saturated rings. The molecule has 41 heavy (non-hydrogen) atoms. The average Bonchev–Trinajstić information content (AvgIpc) is 3.40. The van der Waals surface area contributed by atoms with Crippen molar-refractivity contribution < 1.29 is 0 Å². The van der Waals surface area contributed by atoms with Crippen LogP contribution in [0.4, 0.5) is 0 Å². The summed E-state index contributed by atoms with van der Waals surface area (Å²) < 4.78 is 5.96. The van der Waals surface area contributed by atoms with Gasteiger partial charge in [-0.1, -0.05) is 0 Å². The van der Waals surface area contributed by atoms with Crippen molar-refractivity contribution in [2.45, 2.75) is 0 Å². The molecular weight excluding hydrogens is 599 g/mol. The molecule has 0 aliphatic carbocycles. The molecule has 1 aliphatic heterocycles. The molecule has 0 N–H and O–H groups in total. The van der Waals surface area contributed by atoms with Gasteiger partial charge in [0.25, 0.3) is 0 Å². The van der Waals surface area contributed by atoms with Gasteiger partial charge in [-0.3, -0.25) is 0 Å². The van der Waals surface area contributed by atoms with Crippen LogP contribution in [-0.4, -0.2) is 18.4 Å². The van der Waals surface area contributed by atoms with E-state index in [0.717, 1.165) is 0 Å². The van der Waals surface area contributed by atoms with Crippen molar-refractivity contribution in [3.8, 4) is 0 Å². The molecule has 0 saturated carbocycles. The molecule has 0 spiro atoms. The second kappa shape index (κ2) is 11.2. The predicted octanol–water partition coefficient (Wildman–Crippen LogP) is 8.56. The first-order chi connectivity index (χ1) is 20.4. The molecule has 0 aromatic heterocycles. The van der Waals surface area contributed by atoms with E-state index in [1.165, 1.54) is 47.7 Å². The Hall–Kier alpha value is -4.40. The maximum atomic E-state index is 2.39. The van der Waals surface area contributed by atoms with Crippen LogP contribution in [0.1, 0.15) is 22.3 Å². The van der Waals surface area contributed by atoms with Crippen molar-refractivity contribution in [2.75, 3.05) is 0 Å². The van der Waals surface area contributed by atoms with Crippen molar-refractivity contribution in [2.24, 2.45) is 0 Å². The van der Waals surface area contributed by atoms with E-state index in [0.29, 0.717) is 0 Å². The third-order valence-electron chi connectivity index (χ3n) is 8.16. The second-order valence-electron chi connectivity index (χ2n) is 10.4. The van der Waals surface area contributed by atoms with Crippen molar-refractivity contribution in [3.05, 3.63) is 204 Å². The van der Waals surface area contributed by atoms with Gasteiger partial charge in [-0.2, -0.15) is 0 Å². The van der Waals surface area contributed by atoms with Crippen LogP contribution in [0.15, 0.2) is 182 Å². The summed E-state index contributed by atoms with van der Waals surface area (Å²) in [6, 6.07) is 67.3. The molecule has 0 nitrogen and oxygen atoms in total. The van der Waals surface area contributed by atoms with Crippen LogP contribution in [0, 0.1) is 0 Å². The minimum atomic E-state index is -4.03. The first-order valence-corrected chi connectivity index (χ1v) is 19.9. The van der Waals surface area contributed by atoms with Crippen molar-refractivity contribution in [1.29, 1.82) is 0 Å².